The Morgan fingerprint density at radius 2 is 1.74 bits per heavy atom. The Labute approximate surface area is 160 Å². The summed E-state index contributed by atoms with van der Waals surface area (Å²) in [4.78, 5) is 26.5. The first-order chi connectivity index (χ1) is 12.2. The molecule has 0 radical (unpaired) electrons. The third-order valence-corrected chi connectivity index (χ3v) is 7.28. The maximum Gasteiger partial charge on any atom is 0.417 e. The lowest BCUT2D eigenvalue weighted by atomic mass is 9.80. The Morgan fingerprint density at radius 1 is 1.19 bits per heavy atom. The van der Waals surface area contributed by atoms with Gasteiger partial charge in [-0.05, 0) is 39.2 Å². The van der Waals surface area contributed by atoms with Crippen LogP contribution in [0.4, 0.5) is 13.6 Å². The highest BCUT2D eigenvalue weighted by Crippen LogP contribution is 2.52. The van der Waals surface area contributed by atoms with Crippen LogP contribution in [0.1, 0.15) is 32.8 Å². The monoisotopic (exact) mass is 397 g/mol. The molecular formula is C20H29F2NO3Si. The van der Waals surface area contributed by atoms with Gasteiger partial charge in [-0.15, -0.1) is 0 Å². The van der Waals surface area contributed by atoms with Gasteiger partial charge < -0.3 is 4.74 Å². The van der Waals surface area contributed by atoms with Crippen LogP contribution in [0.15, 0.2) is 30.3 Å². The van der Waals surface area contributed by atoms with E-state index in [1.54, 1.807) is 70.7 Å². The Bertz CT molecular complexity index is 710. The highest BCUT2D eigenvalue weighted by atomic mass is 28.3. The van der Waals surface area contributed by atoms with Crippen LogP contribution in [0, 0.1) is 5.41 Å². The number of hydrogen-bond donors (Lipinski definition) is 0. The molecule has 0 saturated carbocycles. The van der Waals surface area contributed by atoms with Crippen LogP contribution >= 0.6 is 0 Å². The van der Waals surface area contributed by atoms with Gasteiger partial charge in [0.2, 0.25) is 11.5 Å². The van der Waals surface area contributed by atoms with Crippen LogP contribution in [-0.2, 0) is 16.0 Å². The Hall–Kier alpha value is -1.76. The predicted octanol–water partition coefficient (Wildman–Crippen LogP) is 4.90. The fourth-order valence-electron chi connectivity index (χ4n) is 3.49. The summed E-state index contributed by atoms with van der Waals surface area (Å²) >= 11 is 0. The highest BCUT2D eigenvalue weighted by Gasteiger charge is 2.68. The molecule has 0 aliphatic carbocycles. The van der Waals surface area contributed by atoms with Crippen molar-refractivity contribution in [2.75, 3.05) is 6.54 Å². The fourth-order valence-corrected chi connectivity index (χ4v) is 5.25. The number of imide groups is 1. The summed E-state index contributed by atoms with van der Waals surface area (Å²) in [5.74, 6) is -0.826. The number of alkyl halides is 2. The van der Waals surface area contributed by atoms with Gasteiger partial charge in [-0.25, -0.2) is 18.5 Å². The molecule has 1 aromatic carbocycles. The third kappa shape index (κ3) is 4.07. The average molecular weight is 398 g/mol. The molecular weight excluding hydrogens is 368 g/mol. The number of carbonyl (C=O) groups is 2. The first-order valence-electron chi connectivity index (χ1n) is 9.18. The van der Waals surface area contributed by atoms with Crippen LogP contribution in [0.2, 0.25) is 19.6 Å². The standard InChI is InChI=1S/C20H29F2NO3Si/c1-18(2,3)26-17(25)23-13-12-19(16(23)24,20(21,22)27(4,5)6)14-15-10-8-7-9-11-15/h7-11H,12-14H2,1-6H3. The summed E-state index contributed by atoms with van der Waals surface area (Å²) in [6.07, 6.45) is -1.02. The maximum atomic E-state index is 15.7. The molecule has 1 aromatic rings. The minimum atomic E-state index is -3.18. The van der Waals surface area contributed by atoms with Crippen molar-refractivity contribution in [2.45, 2.75) is 64.4 Å². The molecule has 27 heavy (non-hydrogen) atoms. The predicted molar refractivity (Wildman–Crippen MR) is 103 cm³/mol. The smallest absolute Gasteiger partial charge is 0.417 e. The number of nitrogens with zero attached hydrogens (tertiary/aromatic N) is 1. The molecule has 7 heteroatoms. The molecule has 0 aromatic heterocycles. The van der Waals surface area contributed by atoms with E-state index < -0.39 is 36.6 Å². The van der Waals surface area contributed by atoms with Gasteiger partial charge in [0.1, 0.15) is 19.1 Å². The van der Waals surface area contributed by atoms with Gasteiger partial charge in [-0.2, -0.15) is 0 Å². The largest absolute Gasteiger partial charge is 0.443 e. The number of hydrogen-bond acceptors (Lipinski definition) is 3. The van der Waals surface area contributed by atoms with Crippen molar-refractivity contribution < 1.29 is 23.1 Å². The third-order valence-electron chi connectivity index (χ3n) is 4.92. The van der Waals surface area contributed by atoms with Crippen molar-refractivity contribution in [3.63, 3.8) is 0 Å². The zero-order chi connectivity index (χ0) is 20.7. The fraction of sp³-hybridized carbons (Fsp3) is 0.600. The van der Waals surface area contributed by atoms with E-state index in [2.05, 4.69) is 0 Å². The minimum Gasteiger partial charge on any atom is -0.443 e. The Balaban J connectivity index is 2.46. The van der Waals surface area contributed by atoms with E-state index in [0.717, 1.165) is 4.90 Å². The number of carbonyl (C=O) groups excluding carboxylic acids is 2. The molecule has 1 fully saturated rings. The van der Waals surface area contributed by atoms with E-state index in [0.29, 0.717) is 5.56 Å². The second-order valence-electron chi connectivity index (χ2n) is 9.26. The van der Waals surface area contributed by atoms with Gasteiger partial charge in [0.25, 0.3) is 0 Å². The molecule has 2 rings (SSSR count). The number of halogens is 2. The topological polar surface area (TPSA) is 46.6 Å². The van der Waals surface area contributed by atoms with Gasteiger partial charge in [0.05, 0.1) is 0 Å². The number of likely N-dealkylation sites (tertiary alicyclic amines) is 1. The molecule has 1 atom stereocenters. The first-order valence-corrected chi connectivity index (χ1v) is 12.7. The molecule has 4 nitrogen and oxygen atoms in total. The number of benzene rings is 1. The summed E-state index contributed by atoms with van der Waals surface area (Å²) in [6.45, 7) is 9.66. The minimum absolute atomic E-state index is 0.0549. The molecule has 0 bridgehead atoms. The van der Waals surface area contributed by atoms with Crippen LogP contribution in [0.25, 0.3) is 0 Å². The van der Waals surface area contributed by atoms with Crippen molar-refractivity contribution in [2.24, 2.45) is 5.41 Å². The number of rotatable bonds is 4. The Morgan fingerprint density at radius 3 is 2.22 bits per heavy atom. The van der Waals surface area contributed by atoms with Gasteiger partial charge in [0.15, 0.2) is 0 Å². The molecule has 0 spiro atoms. The number of amides is 2. The zero-order valence-corrected chi connectivity index (χ0v) is 17.9. The SMILES string of the molecule is CC(C)(C)OC(=O)N1CCC(Cc2ccccc2)(C(F)(F)[Si](C)(C)C)C1=O. The van der Waals surface area contributed by atoms with E-state index in [9.17, 15) is 9.59 Å². The average Bonchev–Trinajstić information content (AvgIpc) is 2.84. The lowest BCUT2D eigenvalue weighted by molar-refractivity contribution is -0.148. The first kappa shape index (κ1) is 21.5. The Kier molecular flexibility index (Phi) is 5.58. The molecule has 2 amide bonds. The highest BCUT2D eigenvalue weighted by molar-refractivity contribution is 6.79. The molecule has 1 saturated heterocycles. The summed E-state index contributed by atoms with van der Waals surface area (Å²) in [5.41, 5.74) is -5.24. The zero-order valence-electron chi connectivity index (χ0n) is 16.9. The number of ether oxygens (including phenoxy) is 1. The van der Waals surface area contributed by atoms with E-state index in [-0.39, 0.29) is 19.4 Å². The van der Waals surface area contributed by atoms with Crippen molar-refractivity contribution in [1.82, 2.24) is 4.90 Å². The lowest BCUT2D eigenvalue weighted by Gasteiger charge is -2.42. The van der Waals surface area contributed by atoms with Crippen LogP contribution < -0.4 is 0 Å². The van der Waals surface area contributed by atoms with Gasteiger partial charge in [-0.1, -0.05) is 50.0 Å². The van der Waals surface area contributed by atoms with Crippen molar-refractivity contribution in [1.29, 1.82) is 0 Å². The van der Waals surface area contributed by atoms with E-state index in [1.807, 2.05) is 0 Å². The van der Waals surface area contributed by atoms with Crippen molar-refractivity contribution in [3.8, 4) is 0 Å². The normalized spacial score (nSPS) is 21.5. The van der Waals surface area contributed by atoms with E-state index in [4.69, 9.17) is 4.74 Å². The lowest BCUT2D eigenvalue weighted by Crippen LogP contribution is -2.61. The van der Waals surface area contributed by atoms with Crippen LogP contribution in [-0.4, -0.2) is 42.7 Å². The van der Waals surface area contributed by atoms with Crippen LogP contribution in [0.3, 0.4) is 0 Å². The molecule has 1 heterocycles. The molecule has 1 unspecified atom stereocenters. The maximum absolute atomic E-state index is 15.7. The molecule has 1 aliphatic rings. The summed E-state index contributed by atoms with van der Waals surface area (Å²) in [7, 11) is -3.06. The van der Waals surface area contributed by atoms with Crippen molar-refractivity contribution in [3.05, 3.63) is 35.9 Å². The summed E-state index contributed by atoms with van der Waals surface area (Å²) in [6, 6.07) is 8.81. The second-order valence-corrected chi connectivity index (χ2v) is 14.4. The van der Waals surface area contributed by atoms with E-state index in [1.165, 1.54) is 0 Å². The van der Waals surface area contributed by atoms with Gasteiger partial charge >= 0.3 is 6.09 Å². The van der Waals surface area contributed by atoms with Crippen molar-refractivity contribution >= 4 is 20.1 Å². The van der Waals surface area contributed by atoms with Gasteiger partial charge in [0, 0.05) is 6.54 Å². The van der Waals surface area contributed by atoms with E-state index >= 15 is 8.78 Å². The quantitative estimate of drug-likeness (QED) is 0.679. The molecule has 1 aliphatic heterocycles. The molecule has 0 N–H and O–H groups in total. The second kappa shape index (κ2) is 7.00. The molecule has 150 valence electrons. The summed E-state index contributed by atoms with van der Waals surface area (Å²) < 4.78 is 36.6. The summed E-state index contributed by atoms with van der Waals surface area (Å²) in [5, 5.41) is 0. The van der Waals surface area contributed by atoms with Crippen LogP contribution in [0.5, 0.6) is 0 Å². The van der Waals surface area contributed by atoms with Gasteiger partial charge in [-0.3, -0.25) is 4.79 Å².